The van der Waals surface area contributed by atoms with E-state index in [2.05, 4.69) is 15.0 Å². The van der Waals surface area contributed by atoms with Crippen LogP contribution in [0.2, 0.25) is 0 Å². The molecule has 0 aromatic carbocycles. The van der Waals surface area contributed by atoms with Crippen LogP contribution >= 0.6 is 0 Å². The first-order chi connectivity index (χ1) is 12.3. The van der Waals surface area contributed by atoms with Crippen molar-refractivity contribution in [2.45, 2.75) is 19.9 Å². The highest BCUT2D eigenvalue weighted by Crippen LogP contribution is 2.27. The van der Waals surface area contributed by atoms with Crippen LogP contribution in [0.1, 0.15) is 27.3 Å². The van der Waals surface area contributed by atoms with Crippen molar-refractivity contribution in [1.29, 1.82) is 0 Å². The van der Waals surface area contributed by atoms with E-state index in [0.717, 1.165) is 22.8 Å². The molecule has 8 nitrogen and oxygen atoms in total. The number of hydrogen-bond donors (Lipinski definition) is 1. The second kappa shape index (κ2) is 6.78. The molecule has 1 amide bonds. The van der Waals surface area contributed by atoms with E-state index in [0.29, 0.717) is 25.5 Å². The topological polar surface area (TPSA) is 85.4 Å². The van der Waals surface area contributed by atoms with Crippen LogP contribution in [-0.4, -0.2) is 60.5 Å². The molecule has 0 fully saturated rings. The Balaban J connectivity index is 1.96. The van der Waals surface area contributed by atoms with Crippen molar-refractivity contribution in [2.24, 2.45) is 0 Å². The fourth-order valence-electron chi connectivity index (χ4n) is 3.05. The lowest BCUT2D eigenvalue weighted by Crippen LogP contribution is -2.39. The normalized spacial score (nSPS) is 13.3. The Morgan fingerprint density at radius 1 is 1.19 bits per heavy atom. The highest BCUT2D eigenvalue weighted by Gasteiger charge is 2.28. The Morgan fingerprint density at radius 3 is 2.54 bits per heavy atom. The third-order valence-corrected chi connectivity index (χ3v) is 4.43. The van der Waals surface area contributed by atoms with Crippen molar-refractivity contribution in [1.82, 2.24) is 19.9 Å². The van der Waals surface area contributed by atoms with Gasteiger partial charge >= 0.3 is 0 Å². The van der Waals surface area contributed by atoms with Crippen LogP contribution in [0.4, 0.5) is 11.8 Å². The number of carbonyl (C=O) groups excluding carboxylic acids is 1. The number of aryl methyl sites for hydroxylation is 1. The molecule has 2 aromatic rings. The van der Waals surface area contributed by atoms with Gasteiger partial charge in [0, 0.05) is 58.3 Å². The van der Waals surface area contributed by atoms with Gasteiger partial charge in [-0.1, -0.05) is 0 Å². The zero-order valence-corrected chi connectivity index (χ0v) is 15.8. The summed E-state index contributed by atoms with van der Waals surface area (Å²) in [5, 5.41) is 0. The maximum Gasteiger partial charge on any atom is 0.259 e. The molecule has 1 aliphatic rings. The van der Waals surface area contributed by atoms with Gasteiger partial charge in [-0.05, 0) is 13.3 Å². The van der Waals surface area contributed by atoms with Crippen LogP contribution in [0, 0.1) is 6.92 Å². The number of anilines is 2. The van der Waals surface area contributed by atoms with E-state index in [1.54, 1.807) is 11.8 Å². The molecular formula is C18H24N6O2. The Hall–Kier alpha value is -2.90. The van der Waals surface area contributed by atoms with Crippen LogP contribution in [0.25, 0.3) is 0 Å². The minimum atomic E-state index is -0.270. The second-order valence-electron chi connectivity index (χ2n) is 6.93. The van der Waals surface area contributed by atoms with Gasteiger partial charge in [0.1, 0.15) is 11.4 Å². The van der Waals surface area contributed by atoms with Crippen molar-refractivity contribution in [2.75, 3.05) is 44.5 Å². The lowest BCUT2D eigenvalue weighted by Gasteiger charge is -2.31. The van der Waals surface area contributed by atoms with E-state index in [-0.39, 0.29) is 16.9 Å². The Morgan fingerprint density at radius 2 is 1.92 bits per heavy atom. The lowest BCUT2D eigenvalue weighted by molar-refractivity contribution is 0.0730. The summed E-state index contributed by atoms with van der Waals surface area (Å²) >= 11 is 0. The monoisotopic (exact) mass is 356 g/mol. The molecule has 0 saturated carbocycles. The van der Waals surface area contributed by atoms with Crippen molar-refractivity contribution in [3.05, 3.63) is 45.0 Å². The fourth-order valence-corrected chi connectivity index (χ4v) is 3.05. The lowest BCUT2D eigenvalue weighted by atomic mass is 10.0. The number of H-pyrrole nitrogens is 1. The summed E-state index contributed by atoms with van der Waals surface area (Å²) in [7, 11) is 7.67. The first-order valence-corrected chi connectivity index (χ1v) is 8.51. The van der Waals surface area contributed by atoms with Crippen molar-refractivity contribution < 1.29 is 4.79 Å². The quantitative estimate of drug-likeness (QED) is 0.876. The molecule has 2 aromatic heterocycles. The van der Waals surface area contributed by atoms with Gasteiger partial charge in [0.15, 0.2) is 5.43 Å². The predicted molar refractivity (Wildman–Crippen MR) is 101 cm³/mol. The van der Waals surface area contributed by atoms with Gasteiger partial charge < -0.3 is 19.7 Å². The number of carbonyl (C=O) groups is 1. The van der Waals surface area contributed by atoms with E-state index >= 15 is 0 Å². The number of nitrogens with zero attached hydrogens (tertiary/aromatic N) is 5. The molecule has 0 radical (unpaired) electrons. The highest BCUT2D eigenvalue weighted by molar-refractivity contribution is 5.94. The standard InChI is InChI=1S/C18H24N6O2/c1-11-8-15(25)13(9-19-11)17(26)24-7-6-12-14(10-24)20-18(23(4)5)21-16(12)22(2)3/h8-9H,6-7,10H2,1-5H3,(H,19,25). The summed E-state index contributed by atoms with van der Waals surface area (Å²) in [6.45, 7) is 2.69. The molecule has 0 aliphatic carbocycles. The summed E-state index contributed by atoms with van der Waals surface area (Å²) < 4.78 is 0. The SMILES string of the molecule is Cc1cc(=O)c(C(=O)N2CCc3c(nc(N(C)C)nc3N(C)C)C2)c[nH]1. The minimum Gasteiger partial charge on any atom is -0.364 e. The number of fused-ring (bicyclic) bond motifs is 1. The number of aromatic amines is 1. The smallest absolute Gasteiger partial charge is 0.259 e. The van der Waals surface area contributed by atoms with Gasteiger partial charge in [-0.3, -0.25) is 9.59 Å². The molecule has 0 unspecified atom stereocenters. The molecule has 138 valence electrons. The predicted octanol–water partition coefficient (Wildman–Crippen LogP) is 0.804. The molecule has 0 atom stereocenters. The van der Waals surface area contributed by atoms with Gasteiger partial charge in [0.25, 0.3) is 5.91 Å². The maximum atomic E-state index is 12.8. The van der Waals surface area contributed by atoms with Gasteiger partial charge in [-0.25, -0.2) is 4.98 Å². The van der Waals surface area contributed by atoms with Gasteiger partial charge in [-0.2, -0.15) is 4.98 Å². The second-order valence-corrected chi connectivity index (χ2v) is 6.93. The van der Waals surface area contributed by atoms with Crippen molar-refractivity contribution in [3.8, 4) is 0 Å². The molecule has 0 bridgehead atoms. The fraction of sp³-hybridized carbons (Fsp3) is 0.444. The molecule has 8 heteroatoms. The third-order valence-electron chi connectivity index (χ3n) is 4.43. The van der Waals surface area contributed by atoms with Gasteiger partial charge in [-0.15, -0.1) is 0 Å². The molecule has 0 spiro atoms. The van der Waals surface area contributed by atoms with E-state index in [1.165, 1.54) is 12.3 Å². The Bertz CT molecular complexity index is 903. The first kappa shape index (κ1) is 17.9. The highest BCUT2D eigenvalue weighted by atomic mass is 16.2. The first-order valence-electron chi connectivity index (χ1n) is 8.51. The van der Waals surface area contributed by atoms with E-state index < -0.39 is 0 Å². The summed E-state index contributed by atoms with van der Waals surface area (Å²) in [6, 6.07) is 1.45. The minimum absolute atomic E-state index is 0.161. The van der Waals surface area contributed by atoms with E-state index in [9.17, 15) is 9.59 Å². The number of rotatable bonds is 3. The molecule has 0 saturated heterocycles. The summed E-state index contributed by atoms with van der Waals surface area (Å²) in [6.07, 6.45) is 2.15. The van der Waals surface area contributed by atoms with Crippen molar-refractivity contribution >= 4 is 17.7 Å². The van der Waals surface area contributed by atoms with Crippen molar-refractivity contribution in [3.63, 3.8) is 0 Å². The Labute approximate surface area is 152 Å². The van der Waals surface area contributed by atoms with Gasteiger partial charge in [0.2, 0.25) is 5.95 Å². The van der Waals surface area contributed by atoms with E-state index in [1.807, 2.05) is 38.0 Å². The average Bonchev–Trinajstić information content (AvgIpc) is 2.59. The summed E-state index contributed by atoms with van der Waals surface area (Å²) in [4.78, 5) is 42.6. The molecule has 3 heterocycles. The van der Waals surface area contributed by atoms with Crippen LogP contribution < -0.4 is 15.2 Å². The largest absolute Gasteiger partial charge is 0.364 e. The van der Waals surface area contributed by atoms with E-state index in [4.69, 9.17) is 0 Å². The molecule has 1 aliphatic heterocycles. The Kier molecular flexibility index (Phi) is 4.67. The van der Waals surface area contributed by atoms with Crippen LogP contribution in [0.15, 0.2) is 17.1 Å². The van der Waals surface area contributed by atoms with Gasteiger partial charge in [0.05, 0.1) is 12.2 Å². The van der Waals surface area contributed by atoms with Crippen LogP contribution in [0.5, 0.6) is 0 Å². The zero-order valence-electron chi connectivity index (χ0n) is 15.8. The number of nitrogens with one attached hydrogen (secondary N) is 1. The van der Waals surface area contributed by atoms with Crippen LogP contribution in [0.3, 0.4) is 0 Å². The van der Waals surface area contributed by atoms with Crippen LogP contribution in [-0.2, 0) is 13.0 Å². The molecule has 1 N–H and O–H groups in total. The number of hydrogen-bond acceptors (Lipinski definition) is 6. The average molecular weight is 356 g/mol. The number of aromatic nitrogens is 3. The number of amides is 1. The third kappa shape index (κ3) is 3.26. The number of pyridine rings is 1. The molecule has 26 heavy (non-hydrogen) atoms. The molecular weight excluding hydrogens is 332 g/mol. The molecule has 3 rings (SSSR count). The summed E-state index contributed by atoms with van der Waals surface area (Å²) in [5.74, 6) is 1.21. The summed E-state index contributed by atoms with van der Waals surface area (Å²) in [5.41, 5.74) is 2.52. The maximum absolute atomic E-state index is 12.8. The zero-order chi connectivity index (χ0) is 19.0.